The van der Waals surface area contributed by atoms with Crippen LogP contribution in [0, 0.1) is 0 Å². The maximum absolute atomic E-state index is 6.25. The highest BCUT2D eigenvalue weighted by Crippen LogP contribution is 2.35. The molecule has 0 amide bonds. The van der Waals surface area contributed by atoms with Crippen LogP contribution in [0.1, 0.15) is 28.5 Å². The van der Waals surface area contributed by atoms with Crippen LogP contribution in [-0.4, -0.2) is 13.7 Å². The Balaban J connectivity index is 1.98. The first-order valence-electron chi connectivity index (χ1n) is 6.45. The summed E-state index contributed by atoms with van der Waals surface area (Å²) in [6.45, 7) is 0.832. The quantitative estimate of drug-likeness (QED) is 0.922. The van der Waals surface area contributed by atoms with Gasteiger partial charge in [-0.1, -0.05) is 23.7 Å². The minimum atomic E-state index is 0.153. The van der Waals surface area contributed by atoms with Gasteiger partial charge in [-0.3, -0.25) is 0 Å². The van der Waals surface area contributed by atoms with Gasteiger partial charge in [0.05, 0.1) is 17.7 Å². The van der Waals surface area contributed by atoms with Crippen LogP contribution in [0.3, 0.4) is 0 Å². The van der Waals surface area contributed by atoms with Gasteiger partial charge >= 0.3 is 0 Å². The van der Waals surface area contributed by atoms with Crippen molar-refractivity contribution in [1.29, 1.82) is 0 Å². The molecule has 3 rings (SSSR count). The predicted octanol–water partition coefficient (Wildman–Crippen LogP) is 4.04. The van der Waals surface area contributed by atoms with Crippen molar-refractivity contribution in [3.8, 4) is 5.75 Å². The highest BCUT2D eigenvalue weighted by molar-refractivity contribution is 7.10. The van der Waals surface area contributed by atoms with E-state index in [0.717, 1.165) is 30.2 Å². The molecule has 0 saturated heterocycles. The third-order valence-corrected chi connectivity index (χ3v) is 4.88. The van der Waals surface area contributed by atoms with E-state index in [1.165, 1.54) is 16.0 Å². The molecule has 1 unspecified atom stereocenters. The SMILES string of the molecule is CNC(c1ccc2c(c1)CCCO2)c1sccc1Cl. The molecule has 1 aliphatic heterocycles. The van der Waals surface area contributed by atoms with E-state index in [0.29, 0.717) is 0 Å². The third-order valence-electron chi connectivity index (χ3n) is 3.46. The van der Waals surface area contributed by atoms with Gasteiger partial charge in [0, 0.05) is 4.88 Å². The lowest BCUT2D eigenvalue weighted by Gasteiger charge is -2.21. The first kappa shape index (κ1) is 13.0. The van der Waals surface area contributed by atoms with E-state index in [1.54, 1.807) is 11.3 Å². The van der Waals surface area contributed by atoms with E-state index < -0.39 is 0 Å². The van der Waals surface area contributed by atoms with Crippen molar-refractivity contribution in [3.63, 3.8) is 0 Å². The molecule has 4 heteroatoms. The molecule has 1 atom stereocenters. The van der Waals surface area contributed by atoms with Crippen LogP contribution in [0.5, 0.6) is 5.75 Å². The van der Waals surface area contributed by atoms with Gasteiger partial charge in [0.25, 0.3) is 0 Å². The number of benzene rings is 1. The Morgan fingerprint density at radius 1 is 1.37 bits per heavy atom. The maximum atomic E-state index is 6.25. The Hall–Kier alpha value is -1.03. The monoisotopic (exact) mass is 293 g/mol. The highest BCUT2D eigenvalue weighted by atomic mass is 35.5. The van der Waals surface area contributed by atoms with Crippen molar-refractivity contribution >= 4 is 22.9 Å². The Morgan fingerprint density at radius 2 is 2.26 bits per heavy atom. The number of rotatable bonds is 3. The lowest BCUT2D eigenvalue weighted by atomic mass is 9.98. The molecular formula is C15H16ClNOS. The van der Waals surface area contributed by atoms with E-state index in [9.17, 15) is 0 Å². The van der Waals surface area contributed by atoms with Gasteiger partial charge in [0.2, 0.25) is 0 Å². The zero-order valence-electron chi connectivity index (χ0n) is 10.8. The van der Waals surface area contributed by atoms with Crippen LogP contribution in [0.4, 0.5) is 0 Å². The summed E-state index contributed by atoms with van der Waals surface area (Å²) in [6, 6.07) is 8.55. The molecule has 19 heavy (non-hydrogen) atoms. The molecule has 2 heterocycles. The summed E-state index contributed by atoms with van der Waals surface area (Å²) >= 11 is 7.94. The molecule has 2 nitrogen and oxygen atoms in total. The molecule has 2 aromatic rings. The molecule has 0 radical (unpaired) electrons. The smallest absolute Gasteiger partial charge is 0.122 e. The lowest BCUT2D eigenvalue weighted by molar-refractivity contribution is 0.288. The second-order valence-corrected chi connectivity index (χ2v) is 6.03. The van der Waals surface area contributed by atoms with Crippen LogP contribution >= 0.6 is 22.9 Å². The Bertz CT molecular complexity index is 581. The van der Waals surface area contributed by atoms with Gasteiger partial charge in [-0.25, -0.2) is 0 Å². The van der Waals surface area contributed by atoms with E-state index in [-0.39, 0.29) is 6.04 Å². The minimum absolute atomic E-state index is 0.153. The largest absolute Gasteiger partial charge is 0.493 e. The fourth-order valence-corrected chi connectivity index (χ4v) is 3.82. The summed E-state index contributed by atoms with van der Waals surface area (Å²) in [6.07, 6.45) is 2.19. The molecule has 1 aromatic carbocycles. The first-order chi connectivity index (χ1) is 9.29. The third kappa shape index (κ3) is 2.50. The molecule has 1 N–H and O–H groups in total. The van der Waals surface area contributed by atoms with Crippen molar-refractivity contribution in [3.05, 3.63) is 50.7 Å². The molecule has 0 aliphatic carbocycles. The highest BCUT2D eigenvalue weighted by Gasteiger charge is 2.19. The minimum Gasteiger partial charge on any atom is -0.493 e. The van der Waals surface area contributed by atoms with E-state index in [2.05, 4.69) is 23.5 Å². The van der Waals surface area contributed by atoms with E-state index >= 15 is 0 Å². The molecule has 100 valence electrons. The number of halogens is 1. The summed E-state index contributed by atoms with van der Waals surface area (Å²) in [4.78, 5) is 1.17. The molecule has 0 spiro atoms. The van der Waals surface area contributed by atoms with Crippen molar-refractivity contribution in [2.24, 2.45) is 0 Å². The van der Waals surface area contributed by atoms with Crippen LogP contribution in [0.15, 0.2) is 29.6 Å². The van der Waals surface area contributed by atoms with Gasteiger partial charge in [0.1, 0.15) is 5.75 Å². The topological polar surface area (TPSA) is 21.3 Å². The Labute approximate surface area is 122 Å². The number of aryl methyl sites for hydroxylation is 1. The van der Waals surface area contributed by atoms with Gasteiger partial charge in [0.15, 0.2) is 0 Å². The summed E-state index contributed by atoms with van der Waals surface area (Å²) in [5.41, 5.74) is 2.55. The predicted molar refractivity (Wildman–Crippen MR) is 80.5 cm³/mol. The zero-order chi connectivity index (χ0) is 13.2. The van der Waals surface area contributed by atoms with Gasteiger partial charge in [-0.15, -0.1) is 11.3 Å². The average molecular weight is 294 g/mol. The summed E-state index contributed by atoms with van der Waals surface area (Å²) in [7, 11) is 1.97. The van der Waals surface area contributed by atoms with Crippen molar-refractivity contribution in [2.45, 2.75) is 18.9 Å². The second-order valence-electron chi connectivity index (χ2n) is 4.67. The fourth-order valence-electron chi connectivity index (χ4n) is 2.52. The van der Waals surface area contributed by atoms with Crippen LogP contribution in [-0.2, 0) is 6.42 Å². The van der Waals surface area contributed by atoms with E-state index in [1.807, 2.05) is 18.5 Å². The molecule has 0 saturated carbocycles. The van der Waals surface area contributed by atoms with E-state index in [4.69, 9.17) is 16.3 Å². The number of hydrogen-bond acceptors (Lipinski definition) is 3. The molecule has 0 bridgehead atoms. The lowest BCUT2D eigenvalue weighted by Crippen LogP contribution is -2.18. The fraction of sp³-hybridized carbons (Fsp3) is 0.333. The summed E-state index contributed by atoms with van der Waals surface area (Å²) in [5.74, 6) is 1.03. The van der Waals surface area contributed by atoms with Crippen molar-refractivity contribution in [1.82, 2.24) is 5.32 Å². The number of thiophene rings is 1. The van der Waals surface area contributed by atoms with Gasteiger partial charge in [-0.05, 0) is 48.5 Å². The first-order valence-corrected chi connectivity index (χ1v) is 7.71. The van der Waals surface area contributed by atoms with Crippen molar-refractivity contribution in [2.75, 3.05) is 13.7 Å². The molecular weight excluding hydrogens is 278 g/mol. The normalized spacial score (nSPS) is 15.7. The molecule has 1 aliphatic rings. The Kier molecular flexibility index (Phi) is 3.78. The van der Waals surface area contributed by atoms with Crippen LogP contribution in [0.2, 0.25) is 5.02 Å². The van der Waals surface area contributed by atoms with Crippen LogP contribution in [0.25, 0.3) is 0 Å². The number of fused-ring (bicyclic) bond motifs is 1. The summed E-state index contributed by atoms with van der Waals surface area (Å²) < 4.78 is 5.66. The number of ether oxygens (including phenoxy) is 1. The maximum Gasteiger partial charge on any atom is 0.122 e. The van der Waals surface area contributed by atoms with Crippen molar-refractivity contribution < 1.29 is 4.74 Å². The summed E-state index contributed by atoms with van der Waals surface area (Å²) in [5, 5.41) is 6.22. The number of hydrogen-bond donors (Lipinski definition) is 1. The second kappa shape index (κ2) is 5.53. The zero-order valence-corrected chi connectivity index (χ0v) is 12.4. The molecule has 0 fully saturated rings. The van der Waals surface area contributed by atoms with Gasteiger partial charge < -0.3 is 10.1 Å². The Morgan fingerprint density at radius 3 is 3.00 bits per heavy atom. The van der Waals surface area contributed by atoms with Crippen LogP contribution < -0.4 is 10.1 Å². The average Bonchev–Trinajstić information content (AvgIpc) is 2.86. The van der Waals surface area contributed by atoms with Gasteiger partial charge in [-0.2, -0.15) is 0 Å². The number of nitrogens with one attached hydrogen (secondary N) is 1. The molecule has 1 aromatic heterocycles. The standard InChI is InChI=1S/C15H16ClNOS/c1-17-14(15-12(16)6-8-19-15)11-4-5-13-10(9-11)3-2-7-18-13/h4-6,8-9,14,17H,2-3,7H2,1H3.